The van der Waals surface area contributed by atoms with Crippen LogP contribution in [0.4, 0.5) is 4.39 Å². The Morgan fingerprint density at radius 3 is 2.84 bits per heavy atom. The van der Waals surface area contributed by atoms with Gasteiger partial charge >= 0.3 is 0 Å². The topological polar surface area (TPSA) is 29.5 Å². The van der Waals surface area contributed by atoms with E-state index < -0.39 is 0 Å². The number of hydrogen-bond acceptors (Lipinski definition) is 3. The van der Waals surface area contributed by atoms with Crippen molar-refractivity contribution in [3.8, 4) is 11.5 Å². The molecule has 0 atom stereocenters. The van der Waals surface area contributed by atoms with Gasteiger partial charge in [0.15, 0.2) is 0 Å². The molecule has 0 unspecified atom stereocenters. The number of halogens is 1. The first-order valence-corrected chi connectivity index (χ1v) is 6.68. The Labute approximate surface area is 113 Å². The molecule has 0 aliphatic carbocycles. The molecule has 1 aromatic heterocycles. The van der Waals surface area contributed by atoms with Gasteiger partial charge in [-0.1, -0.05) is 18.2 Å². The van der Waals surface area contributed by atoms with Gasteiger partial charge in [0.2, 0.25) is 0 Å². The van der Waals surface area contributed by atoms with Gasteiger partial charge in [0, 0.05) is 17.0 Å². The fourth-order valence-electron chi connectivity index (χ4n) is 1.92. The van der Waals surface area contributed by atoms with Crippen molar-refractivity contribution >= 4 is 21.4 Å². The van der Waals surface area contributed by atoms with Gasteiger partial charge in [0.05, 0.1) is 4.70 Å². The van der Waals surface area contributed by atoms with E-state index in [9.17, 15) is 9.50 Å². The van der Waals surface area contributed by atoms with Gasteiger partial charge < -0.3 is 9.84 Å². The summed E-state index contributed by atoms with van der Waals surface area (Å²) >= 11 is 1.37. The minimum absolute atomic E-state index is 0.165. The number of hydrogen-bond donors (Lipinski definition) is 1. The highest BCUT2D eigenvalue weighted by Gasteiger charge is 2.08. The maximum absolute atomic E-state index is 13.6. The highest BCUT2D eigenvalue weighted by molar-refractivity contribution is 7.17. The third-order valence-electron chi connectivity index (χ3n) is 2.84. The normalized spacial score (nSPS) is 10.8. The summed E-state index contributed by atoms with van der Waals surface area (Å²) in [5, 5.41) is 12.1. The van der Waals surface area contributed by atoms with Crippen molar-refractivity contribution in [2.75, 3.05) is 0 Å². The Morgan fingerprint density at radius 2 is 2.00 bits per heavy atom. The van der Waals surface area contributed by atoms with Crippen molar-refractivity contribution < 1.29 is 14.2 Å². The fourth-order valence-corrected chi connectivity index (χ4v) is 2.88. The van der Waals surface area contributed by atoms with Crippen molar-refractivity contribution in [2.24, 2.45) is 0 Å². The Kier molecular flexibility index (Phi) is 3.09. The zero-order valence-corrected chi connectivity index (χ0v) is 10.8. The second-order valence-corrected chi connectivity index (χ2v) is 5.04. The summed E-state index contributed by atoms with van der Waals surface area (Å²) in [7, 11) is 0. The van der Waals surface area contributed by atoms with Crippen LogP contribution in [0.25, 0.3) is 10.1 Å². The van der Waals surface area contributed by atoms with Crippen molar-refractivity contribution in [2.45, 2.75) is 6.61 Å². The Morgan fingerprint density at radius 1 is 1.16 bits per heavy atom. The molecular weight excluding hydrogens is 263 g/mol. The molecule has 0 aliphatic rings. The Bertz CT molecular complexity index is 721. The minimum atomic E-state index is -0.203. The summed E-state index contributed by atoms with van der Waals surface area (Å²) in [5.74, 6) is 0.556. The van der Waals surface area contributed by atoms with E-state index in [-0.39, 0.29) is 11.6 Å². The molecule has 0 spiro atoms. The van der Waals surface area contributed by atoms with E-state index >= 15 is 0 Å². The van der Waals surface area contributed by atoms with Crippen LogP contribution in [-0.4, -0.2) is 5.11 Å². The van der Waals surface area contributed by atoms with Gasteiger partial charge in [-0.3, -0.25) is 0 Å². The fraction of sp³-hybridized carbons (Fsp3) is 0.0667. The van der Waals surface area contributed by atoms with Crippen LogP contribution in [0.3, 0.4) is 0 Å². The first kappa shape index (κ1) is 12.0. The molecule has 1 heterocycles. The standard InChI is InChI=1S/C15H11FO2S/c16-14-6-2-5-13-10(9-19-15(13)14)8-18-12-4-1-3-11(17)7-12/h1-7,9,17H,8H2. The summed E-state index contributed by atoms with van der Waals surface area (Å²) in [6, 6.07) is 11.7. The molecule has 3 aromatic rings. The average Bonchev–Trinajstić information content (AvgIpc) is 2.81. The predicted octanol–water partition coefficient (Wildman–Crippen LogP) is 4.33. The average molecular weight is 274 g/mol. The van der Waals surface area contributed by atoms with Crippen LogP contribution in [0.5, 0.6) is 11.5 Å². The lowest BCUT2D eigenvalue weighted by molar-refractivity contribution is 0.306. The monoisotopic (exact) mass is 274 g/mol. The zero-order chi connectivity index (χ0) is 13.2. The second-order valence-electron chi connectivity index (χ2n) is 4.16. The van der Waals surface area contributed by atoms with E-state index in [2.05, 4.69) is 0 Å². The summed E-state index contributed by atoms with van der Waals surface area (Å²) in [6.45, 7) is 0.354. The van der Waals surface area contributed by atoms with E-state index in [1.165, 1.54) is 17.4 Å². The molecule has 0 bridgehead atoms. The highest BCUT2D eigenvalue weighted by atomic mass is 32.1. The van der Waals surface area contributed by atoms with Gasteiger partial charge in [-0.15, -0.1) is 11.3 Å². The van der Waals surface area contributed by atoms with E-state index in [0.29, 0.717) is 17.1 Å². The zero-order valence-electron chi connectivity index (χ0n) is 9.97. The smallest absolute Gasteiger partial charge is 0.140 e. The first-order valence-electron chi connectivity index (χ1n) is 5.80. The molecule has 96 valence electrons. The van der Waals surface area contributed by atoms with Crippen LogP contribution in [0, 0.1) is 5.82 Å². The third-order valence-corrected chi connectivity index (χ3v) is 3.90. The van der Waals surface area contributed by atoms with Crippen molar-refractivity contribution in [1.82, 2.24) is 0 Å². The van der Waals surface area contributed by atoms with Crippen LogP contribution in [0.1, 0.15) is 5.56 Å². The van der Waals surface area contributed by atoms with Gasteiger partial charge in [0.25, 0.3) is 0 Å². The molecule has 0 radical (unpaired) electrons. The summed E-state index contributed by atoms with van der Waals surface area (Å²) < 4.78 is 19.8. The minimum Gasteiger partial charge on any atom is -0.508 e. The molecule has 19 heavy (non-hydrogen) atoms. The highest BCUT2D eigenvalue weighted by Crippen LogP contribution is 2.29. The summed E-state index contributed by atoms with van der Waals surface area (Å²) in [6.07, 6.45) is 0. The third kappa shape index (κ3) is 2.39. The maximum atomic E-state index is 13.6. The molecule has 2 nitrogen and oxygen atoms in total. The molecule has 0 saturated carbocycles. The molecule has 2 aromatic carbocycles. The van der Waals surface area contributed by atoms with Crippen LogP contribution in [0.2, 0.25) is 0 Å². The van der Waals surface area contributed by atoms with Crippen LogP contribution in [-0.2, 0) is 6.61 Å². The molecule has 0 aliphatic heterocycles. The molecule has 4 heteroatoms. The van der Waals surface area contributed by atoms with E-state index in [1.54, 1.807) is 30.3 Å². The van der Waals surface area contributed by atoms with Gasteiger partial charge in [-0.25, -0.2) is 4.39 Å². The van der Waals surface area contributed by atoms with Gasteiger partial charge in [-0.05, 0) is 23.6 Å². The number of rotatable bonds is 3. The molecule has 1 N–H and O–H groups in total. The maximum Gasteiger partial charge on any atom is 0.140 e. The lowest BCUT2D eigenvalue weighted by Gasteiger charge is -2.05. The first-order chi connectivity index (χ1) is 9.24. The van der Waals surface area contributed by atoms with Crippen molar-refractivity contribution in [1.29, 1.82) is 0 Å². The lowest BCUT2D eigenvalue weighted by Crippen LogP contribution is -1.94. The number of aromatic hydroxyl groups is 1. The summed E-state index contributed by atoms with van der Waals surface area (Å²) in [4.78, 5) is 0. The Hall–Kier alpha value is -2.07. The SMILES string of the molecule is Oc1cccc(OCc2csc3c(F)cccc23)c1. The van der Waals surface area contributed by atoms with Crippen molar-refractivity contribution in [3.63, 3.8) is 0 Å². The predicted molar refractivity (Wildman–Crippen MR) is 74.2 cm³/mol. The van der Waals surface area contributed by atoms with Crippen molar-refractivity contribution in [3.05, 3.63) is 59.2 Å². The quantitative estimate of drug-likeness (QED) is 0.770. The van der Waals surface area contributed by atoms with Crippen LogP contribution >= 0.6 is 11.3 Å². The largest absolute Gasteiger partial charge is 0.508 e. The van der Waals surface area contributed by atoms with E-state index in [4.69, 9.17) is 4.74 Å². The molecule has 0 amide bonds. The number of fused-ring (bicyclic) bond motifs is 1. The summed E-state index contributed by atoms with van der Waals surface area (Å²) in [5.41, 5.74) is 0.947. The molecule has 0 fully saturated rings. The van der Waals surface area contributed by atoms with E-state index in [1.807, 2.05) is 11.4 Å². The number of benzene rings is 2. The lowest BCUT2D eigenvalue weighted by atomic mass is 10.2. The number of phenols is 1. The van der Waals surface area contributed by atoms with Gasteiger partial charge in [-0.2, -0.15) is 0 Å². The Balaban J connectivity index is 1.84. The van der Waals surface area contributed by atoms with Gasteiger partial charge in [0.1, 0.15) is 23.9 Å². The molecule has 0 saturated heterocycles. The van der Waals surface area contributed by atoms with Crippen LogP contribution < -0.4 is 4.74 Å². The second kappa shape index (κ2) is 4.90. The number of phenolic OH excluding ortho intramolecular Hbond substituents is 1. The van der Waals surface area contributed by atoms with E-state index in [0.717, 1.165) is 10.9 Å². The number of ether oxygens (including phenoxy) is 1. The number of thiophene rings is 1. The molecular formula is C15H11FO2S. The molecule has 3 rings (SSSR count). The van der Waals surface area contributed by atoms with Crippen LogP contribution in [0.15, 0.2) is 47.8 Å².